The minimum absolute atomic E-state index is 0.0733. The van der Waals surface area contributed by atoms with Crippen LogP contribution in [0, 0.1) is 5.92 Å². The molecule has 4 heteroatoms. The Kier molecular flexibility index (Phi) is 4.52. The van der Waals surface area contributed by atoms with Crippen molar-refractivity contribution in [1.82, 2.24) is 5.32 Å². The summed E-state index contributed by atoms with van der Waals surface area (Å²) in [5.74, 6) is -0.102. The van der Waals surface area contributed by atoms with Crippen molar-refractivity contribution < 1.29 is 9.90 Å². The van der Waals surface area contributed by atoms with Crippen molar-refractivity contribution >= 4 is 5.91 Å². The fourth-order valence-electron chi connectivity index (χ4n) is 1.46. The van der Waals surface area contributed by atoms with Gasteiger partial charge in [-0.05, 0) is 31.5 Å². The number of phenols is 1. The molecule has 0 saturated carbocycles. The molecule has 1 amide bonds. The third-order valence-corrected chi connectivity index (χ3v) is 2.93. The number of hydrogen-bond acceptors (Lipinski definition) is 3. The molecule has 4 nitrogen and oxygen atoms in total. The van der Waals surface area contributed by atoms with Gasteiger partial charge in [0.15, 0.2) is 0 Å². The van der Waals surface area contributed by atoms with Crippen LogP contribution >= 0.6 is 0 Å². The lowest BCUT2D eigenvalue weighted by atomic mass is 10.0. The molecule has 17 heavy (non-hydrogen) atoms. The minimum Gasteiger partial charge on any atom is -0.508 e. The molecular weight excluding hydrogens is 216 g/mol. The van der Waals surface area contributed by atoms with Crippen molar-refractivity contribution in [2.75, 3.05) is 0 Å². The lowest BCUT2D eigenvalue weighted by molar-refractivity contribution is -0.125. The lowest BCUT2D eigenvalue weighted by Gasteiger charge is -2.20. The maximum absolute atomic E-state index is 11.8. The van der Waals surface area contributed by atoms with E-state index in [1.807, 2.05) is 19.9 Å². The average molecular weight is 236 g/mol. The zero-order valence-electron chi connectivity index (χ0n) is 10.5. The highest BCUT2D eigenvalue weighted by Crippen LogP contribution is 2.18. The second-order valence-electron chi connectivity index (χ2n) is 4.47. The monoisotopic (exact) mass is 236 g/mol. The summed E-state index contributed by atoms with van der Waals surface area (Å²) < 4.78 is 0. The van der Waals surface area contributed by atoms with E-state index in [2.05, 4.69) is 5.32 Å². The van der Waals surface area contributed by atoms with Crippen LogP contribution in [0.25, 0.3) is 0 Å². The summed E-state index contributed by atoms with van der Waals surface area (Å²) in [5, 5.41) is 12.2. The van der Waals surface area contributed by atoms with Crippen LogP contribution in [0.4, 0.5) is 0 Å². The van der Waals surface area contributed by atoms with Gasteiger partial charge in [0.2, 0.25) is 5.91 Å². The van der Waals surface area contributed by atoms with Gasteiger partial charge in [-0.2, -0.15) is 0 Å². The standard InChI is InChI=1S/C13H20N2O2/c1-8(9(2)14)13(17)15-10(3)11-5-4-6-12(16)7-11/h4-10,16H,14H2,1-3H3,(H,15,17). The van der Waals surface area contributed by atoms with E-state index in [4.69, 9.17) is 5.73 Å². The molecule has 0 aliphatic heterocycles. The van der Waals surface area contributed by atoms with Gasteiger partial charge in [0, 0.05) is 12.0 Å². The highest BCUT2D eigenvalue weighted by Gasteiger charge is 2.19. The molecule has 3 atom stereocenters. The maximum Gasteiger partial charge on any atom is 0.224 e. The van der Waals surface area contributed by atoms with Gasteiger partial charge in [0.05, 0.1) is 6.04 Å². The molecule has 0 saturated heterocycles. The molecule has 0 aromatic heterocycles. The first-order valence-electron chi connectivity index (χ1n) is 5.76. The zero-order valence-corrected chi connectivity index (χ0v) is 10.5. The summed E-state index contributed by atoms with van der Waals surface area (Å²) in [6.45, 7) is 5.49. The molecule has 0 bridgehead atoms. The molecule has 4 N–H and O–H groups in total. The summed E-state index contributed by atoms with van der Waals surface area (Å²) in [5.41, 5.74) is 6.55. The Morgan fingerprint density at radius 2 is 2.00 bits per heavy atom. The van der Waals surface area contributed by atoms with Crippen molar-refractivity contribution in [3.8, 4) is 5.75 Å². The highest BCUT2D eigenvalue weighted by molar-refractivity contribution is 5.79. The molecule has 3 unspecified atom stereocenters. The smallest absolute Gasteiger partial charge is 0.224 e. The van der Waals surface area contributed by atoms with E-state index < -0.39 is 0 Å². The topological polar surface area (TPSA) is 75.4 Å². The van der Waals surface area contributed by atoms with Crippen LogP contribution in [0.5, 0.6) is 5.75 Å². The number of carbonyl (C=O) groups excluding carboxylic acids is 1. The number of benzene rings is 1. The van der Waals surface area contributed by atoms with Crippen LogP contribution in [0.3, 0.4) is 0 Å². The average Bonchev–Trinajstić information content (AvgIpc) is 2.27. The van der Waals surface area contributed by atoms with Gasteiger partial charge < -0.3 is 16.2 Å². The Hall–Kier alpha value is -1.55. The predicted molar refractivity (Wildman–Crippen MR) is 67.5 cm³/mol. The van der Waals surface area contributed by atoms with Crippen molar-refractivity contribution in [2.24, 2.45) is 11.7 Å². The summed E-state index contributed by atoms with van der Waals surface area (Å²) in [7, 11) is 0. The molecule has 1 rings (SSSR count). The van der Waals surface area contributed by atoms with Gasteiger partial charge in [0.1, 0.15) is 5.75 Å². The van der Waals surface area contributed by atoms with E-state index >= 15 is 0 Å². The number of phenolic OH excluding ortho intramolecular Hbond substituents is 1. The van der Waals surface area contributed by atoms with Gasteiger partial charge >= 0.3 is 0 Å². The predicted octanol–water partition coefficient (Wildman–Crippen LogP) is 1.55. The Labute approximate surface area is 102 Å². The van der Waals surface area contributed by atoms with Gasteiger partial charge in [-0.3, -0.25) is 4.79 Å². The molecule has 94 valence electrons. The molecule has 1 aromatic carbocycles. The van der Waals surface area contributed by atoms with Gasteiger partial charge in [-0.25, -0.2) is 0 Å². The number of hydrogen-bond donors (Lipinski definition) is 3. The maximum atomic E-state index is 11.8. The first-order chi connectivity index (χ1) is 7.91. The number of amides is 1. The molecule has 0 spiro atoms. The fraction of sp³-hybridized carbons (Fsp3) is 0.462. The Morgan fingerprint density at radius 1 is 1.35 bits per heavy atom. The molecule has 0 fully saturated rings. The number of aromatic hydroxyl groups is 1. The quantitative estimate of drug-likeness (QED) is 0.742. The van der Waals surface area contributed by atoms with Gasteiger partial charge in [-0.1, -0.05) is 19.1 Å². The molecular formula is C13H20N2O2. The first kappa shape index (κ1) is 13.5. The lowest BCUT2D eigenvalue weighted by Crippen LogP contribution is -2.39. The van der Waals surface area contributed by atoms with E-state index in [-0.39, 0.29) is 29.7 Å². The third-order valence-electron chi connectivity index (χ3n) is 2.93. The van der Waals surface area contributed by atoms with Crippen LogP contribution < -0.4 is 11.1 Å². The number of rotatable bonds is 4. The molecule has 0 aliphatic carbocycles. The van der Waals surface area contributed by atoms with Crippen LogP contribution in [0.15, 0.2) is 24.3 Å². The summed E-state index contributed by atoms with van der Waals surface area (Å²) in [4.78, 5) is 11.8. The van der Waals surface area contributed by atoms with Gasteiger partial charge in [0.25, 0.3) is 0 Å². The van der Waals surface area contributed by atoms with Crippen LogP contribution in [-0.2, 0) is 4.79 Å². The van der Waals surface area contributed by atoms with E-state index in [0.29, 0.717) is 0 Å². The van der Waals surface area contributed by atoms with Crippen molar-refractivity contribution in [3.63, 3.8) is 0 Å². The van der Waals surface area contributed by atoms with Crippen molar-refractivity contribution in [1.29, 1.82) is 0 Å². The Balaban J connectivity index is 2.66. The Bertz CT molecular complexity index is 391. The molecule has 0 radical (unpaired) electrons. The number of nitrogens with two attached hydrogens (primary N) is 1. The third kappa shape index (κ3) is 3.75. The fourth-order valence-corrected chi connectivity index (χ4v) is 1.46. The van der Waals surface area contributed by atoms with E-state index in [9.17, 15) is 9.90 Å². The number of nitrogens with one attached hydrogen (secondary N) is 1. The molecule has 0 heterocycles. The summed E-state index contributed by atoms with van der Waals surface area (Å²) >= 11 is 0. The van der Waals surface area contributed by atoms with Gasteiger partial charge in [-0.15, -0.1) is 0 Å². The molecule has 0 aliphatic rings. The largest absolute Gasteiger partial charge is 0.508 e. The van der Waals surface area contributed by atoms with Crippen LogP contribution in [0.1, 0.15) is 32.4 Å². The first-order valence-corrected chi connectivity index (χ1v) is 5.76. The van der Waals surface area contributed by atoms with E-state index in [1.165, 1.54) is 0 Å². The van der Waals surface area contributed by atoms with Crippen molar-refractivity contribution in [2.45, 2.75) is 32.9 Å². The van der Waals surface area contributed by atoms with Crippen LogP contribution in [-0.4, -0.2) is 17.1 Å². The second-order valence-corrected chi connectivity index (χ2v) is 4.47. The van der Waals surface area contributed by atoms with E-state index in [1.54, 1.807) is 25.1 Å². The zero-order chi connectivity index (χ0) is 13.0. The number of carbonyl (C=O) groups is 1. The normalized spacial score (nSPS) is 16.0. The summed E-state index contributed by atoms with van der Waals surface area (Å²) in [6, 6.07) is 6.54. The van der Waals surface area contributed by atoms with E-state index in [0.717, 1.165) is 5.56 Å². The minimum atomic E-state index is -0.227. The van der Waals surface area contributed by atoms with Crippen LogP contribution in [0.2, 0.25) is 0 Å². The highest BCUT2D eigenvalue weighted by atomic mass is 16.3. The molecule has 1 aromatic rings. The SMILES string of the molecule is CC(NC(=O)C(C)C(C)N)c1cccc(O)c1. The Morgan fingerprint density at radius 3 is 2.53 bits per heavy atom. The summed E-state index contributed by atoms with van der Waals surface area (Å²) in [6.07, 6.45) is 0. The second kappa shape index (κ2) is 5.68. The van der Waals surface area contributed by atoms with Crippen molar-refractivity contribution in [3.05, 3.63) is 29.8 Å².